The molecule has 0 radical (unpaired) electrons. The molecular weight excluding hydrogens is 412 g/mol. The Morgan fingerprint density at radius 1 is 1.10 bits per heavy atom. The first kappa shape index (κ1) is 19.8. The van der Waals surface area contributed by atoms with Crippen molar-refractivity contribution in [3.05, 3.63) is 64.8 Å². The lowest BCUT2D eigenvalue weighted by Gasteiger charge is -2.16. The second-order valence-corrected chi connectivity index (χ2v) is 8.30. The predicted octanol–water partition coefficient (Wildman–Crippen LogP) is 4.26. The summed E-state index contributed by atoms with van der Waals surface area (Å²) in [5.41, 5.74) is 4.87. The Balaban J connectivity index is 1.51. The van der Waals surface area contributed by atoms with Crippen molar-refractivity contribution >= 4 is 46.3 Å². The topological polar surface area (TPSA) is 91.0 Å². The lowest BCUT2D eigenvalue weighted by atomic mass is 10.0. The van der Waals surface area contributed by atoms with Crippen molar-refractivity contribution in [2.75, 3.05) is 29.0 Å². The lowest BCUT2D eigenvalue weighted by molar-refractivity contribution is -0.119. The second-order valence-electron chi connectivity index (χ2n) is 7.89. The zero-order valence-corrected chi connectivity index (χ0v) is 17.7. The van der Waals surface area contributed by atoms with E-state index in [1.807, 2.05) is 24.3 Å². The number of carbonyl (C=O) groups excluding carboxylic acids is 1. The molecule has 1 fully saturated rings. The van der Waals surface area contributed by atoms with Crippen molar-refractivity contribution in [2.24, 2.45) is 5.92 Å². The Hall–Kier alpha value is -3.16. The summed E-state index contributed by atoms with van der Waals surface area (Å²) in [6.07, 6.45) is 4.07. The smallest absolute Gasteiger partial charge is 0.229 e. The number of amides is 1. The summed E-state index contributed by atoms with van der Waals surface area (Å²) >= 11 is 6.33. The predicted molar refractivity (Wildman–Crippen MR) is 124 cm³/mol. The number of halogens is 1. The molecule has 31 heavy (non-hydrogen) atoms. The van der Waals surface area contributed by atoms with Crippen LogP contribution in [-0.2, 0) is 17.6 Å². The number of rotatable bonds is 2. The van der Waals surface area contributed by atoms with E-state index < -0.39 is 0 Å². The van der Waals surface area contributed by atoms with Gasteiger partial charge in [0, 0.05) is 23.6 Å². The number of nitrogens with one attached hydrogen (secondary N) is 4. The second kappa shape index (κ2) is 8.53. The van der Waals surface area contributed by atoms with Crippen molar-refractivity contribution in [1.29, 1.82) is 0 Å². The molecule has 3 heterocycles. The number of hydrogen-bond donors (Lipinski definition) is 4. The Morgan fingerprint density at radius 2 is 2.00 bits per heavy atom. The summed E-state index contributed by atoms with van der Waals surface area (Å²) in [6, 6.07) is 14.1. The first-order valence-electron chi connectivity index (χ1n) is 10.4. The number of hydrogen-bond acceptors (Lipinski definition) is 6. The molecule has 8 heteroatoms. The first-order valence-corrected chi connectivity index (χ1v) is 10.8. The molecule has 6 bridgehead atoms. The minimum absolute atomic E-state index is 0.0146. The summed E-state index contributed by atoms with van der Waals surface area (Å²) < 4.78 is 0. The van der Waals surface area contributed by atoms with E-state index in [0.717, 1.165) is 55.0 Å². The molecule has 5 rings (SSSR count). The van der Waals surface area contributed by atoms with Crippen LogP contribution < -0.4 is 21.3 Å². The van der Waals surface area contributed by atoms with E-state index in [9.17, 15) is 4.79 Å². The molecule has 0 saturated carbocycles. The van der Waals surface area contributed by atoms with Gasteiger partial charge in [-0.05, 0) is 67.3 Å². The number of nitrogens with zero attached hydrogens (tertiary/aromatic N) is 2. The third kappa shape index (κ3) is 4.47. The maximum atomic E-state index is 12.7. The summed E-state index contributed by atoms with van der Waals surface area (Å²) in [6.45, 7) is 1.62. The van der Waals surface area contributed by atoms with Crippen molar-refractivity contribution in [1.82, 2.24) is 15.3 Å². The maximum absolute atomic E-state index is 12.7. The Kier molecular flexibility index (Phi) is 5.44. The molecule has 2 aliphatic heterocycles. The maximum Gasteiger partial charge on any atom is 0.229 e. The fourth-order valence-corrected chi connectivity index (χ4v) is 4.12. The summed E-state index contributed by atoms with van der Waals surface area (Å²) in [7, 11) is 0. The van der Waals surface area contributed by atoms with E-state index in [1.54, 1.807) is 6.20 Å². The van der Waals surface area contributed by atoms with E-state index in [4.69, 9.17) is 11.6 Å². The van der Waals surface area contributed by atoms with E-state index in [-0.39, 0.29) is 11.8 Å². The van der Waals surface area contributed by atoms with Gasteiger partial charge in [-0.25, -0.2) is 4.98 Å². The summed E-state index contributed by atoms with van der Waals surface area (Å²) in [4.78, 5) is 21.5. The van der Waals surface area contributed by atoms with Gasteiger partial charge in [0.25, 0.3) is 0 Å². The van der Waals surface area contributed by atoms with Crippen LogP contribution in [0.5, 0.6) is 0 Å². The molecule has 0 aliphatic carbocycles. The quantitative estimate of drug-likeness (QED) is 0.481. The third-order valence-corrected chi connectivity index (χ3v) is 5.94. The first-order chi connectivity index (χ1) is 15.1. The van der Waals surface area contributed by atoms with Crippen LogP contribution in [-0.4, -0.2) is 29.0 Å². The number of benzene rings is 2. The normalized spacial score (nSPS) is 17.4. The third-order valence-electron chi connectivity index (χ3n) is 5.67. The summed E-state index contributed by atoms with van der Waals surface area (Å²) in [5.74, 6) is 1.08. The monoisotopic (exact) mass is 434 g/mol. The highest BCUT2D eigenvalue weighted by atomic mass is 35.5. The van der Waals surface area contributed by atoms with Crippen LogP contribution in [0.25, 0.3) is 0 Å². The average Bonchev–Trinajstić information content (AvgIpc) is 3.31. The Labute approximate surface area is 185 Å². The molecule has 3 aromatic rings. The van der Waals surface area contributed by atoms with Gasteiger partial charge >= 0.3 is 0 Å². The van der Waals surface area contributed by atoms with Crippen molar-refractivity contribution < 1.29 is 4.79 Å². The molecule has 1 atom stereocenters. The largest absolute Gasteiger partial charge is 0.339 e. The Bertz CT molecular complexity index is 1130. The van der Waals surface area contributed by atoms with Gasteiger partial charge in [-0.2, -0.15) is 4.98 Å². The standard InChI is InChI=1S/C23H23ClN6O/c24-19-13-26-23-28-17-3-1-2-14(10-17)4-5-15-11-18(27-21(19)30-23)6-7-20(15)29-22(31)16-8-9-25-12-16/h1-3,6-7,10-11,13,16,25H,4-5,8-9,12H2,(H,29,31)(H2,26,27,28,30). The number of carbonyl (C=O) groups is 1. The molecule has 4 N–H and O–H groups in total. The summed E-state index contributed by atoms with van der Waals surface area (Å²) in [5, 5.41) is 13.4. The van der Waals surface area contributed by atoms with Gasteiger partial charge in [-0.15, -0.1) is 0 Å². The minimum Gasteiger partial charge on any atom is -0.339 e. The van der Waals surface area contributed by atoms with Crippen LogP contribution in [0.4, 0.5) is 28.8 Å². The fraction of sp³-hybridized carbons (Fsp3) is 0.261. The highest BCUT2D eigenvalue weighted by Gasteiger charge is 2.23. The van der Waals surface area contributed by atoms with Gasteiger partial charge in [0.15, 0.2) is 5.82 Å². The number of fused-ring (bicyclic) bond motifs is 6. The van der Waals surface area contributed by atoms with Crippen molar-refractivity contribution in [3.63, 3.8) is 0 Å². The molecule has 1 unspecified atom stereocenters. The average molecular weight is 435 g/mol. The highest BCUT2D eigenvalue weighted by Crippen LogP contribution is 2.29. The molecule has 158 valence electrons. The van der Waals surface area contributed by atoms with Crippen LogP contribution >= 0.6 is 11.6 Å². The van der Waals surface area contributed by atoms with Crippen LogP contribution in [0.2, 0.25) is 5.02 Å². The molecular formula is C23H23ClN6O. The van der Waals surface area contributed by atoms with Gasteiger partial charge < -0.3 is 21.3 Å². The zero-order chi connectivity index (χ0) is 21.2. The molecule has 1 aromatic heterocycles. The van der Waals surface area contributed by atoms with Crippen molar-refractivity contribution in [2.45, 2.75) is 19.3 Å². The van der Waals surface area contributed by atoms with E-state index in [0.29, 0.717) is 16.8 Å². The van der Waals surface area contributed by atoms with Crippen LogP contribution in [0, 0.1) is 5.92 Å². The van der Waals surface area contributed by atoms with Crippen LogP contribution in [0.15, 0.2) is 48.7 Å². The molecule has 0 spiro atoms. The van der Waals surface area contributed by atoms with Gasteiger partial charge in [0.2, 0.25) is 11.9 Å². The molecule has 2 aromatic carbocycles. The number of anilines is 5. The Morgan fingerprint density at radius 3 is 2.87 bits per heavy atom. The highest BCUT2D eigenvalue weighted by molar-refractivity contribution is 6.32. The van der Waals surface area contributed by atoms with E-state index in [2.05, 4.69) is 49.4 Å². The van der Waals surface area contributed by atoms with Crippen LogP contribution in [0.3, 0.4) is 0 Å². The van der Waals surface area contributed by atoms with E-state index in [1.165, 1.54) is 5.56 Å². The van der Waals surface area contributed by atoms with E-state index >= 15 is 0 Å². The van der Waals surface area contributed by atoms with Gasteiger partial charge in [-0.1, -0.05) is 23.7 Å². The minimum atomic E-state index is 0.0146. The fourth-order valence-electron chi connectivity index (χ4n) is 3.98. The van der Waals surface area contributed by atoms with Crippen LogP contribution in [0.1, 0.15) is 17.5 Å². The SMILES string of the molecule is O=C(Nc1ccc2cc1CCc1cccc(c1)Nc1ncc(Cl)c(n1)N2)C1CCNC1. The number of aromatic nitrogens is 2. The molecule has 1 saturated heterocycles. The molecule has 1 amide bonds. The van der Waals surface area contributed by atoms with Gasteiger partial charge in [0.05, 0.1) is 12.1 Å². The van der Waals surface area contributed by atoms with Crippen molar-refractivity contribution in [3.8, 4) is 0 Å². The van der Waals surface area contributed by atoms with Gasteiger partial charge in [-0.3, -0.25) is 4.79 Å². The zero-order valence-electron chi connectivity index (χ0n) is 16.9. The molecule has 2 aliphatic rings. The number of aryl methyl sites for hydroxylation is 2. The molecule has 7 nitrogen and oxygen atoms in total. The lowest BCUT2D eigenvalue weighted by Crippen LogP contribution is -2.25. The van der Waals surface area contributed by atoms with Gasteiger partial charge in [0.1, 0.15) is 5.02 Å².